The Morgan fingerprint density at radius 2 is 2.24 bits per heavy atom. The monoisotopic (exact) mass is 307 g/mol. The molecule has 0 aliphatic rings. The summed E-state index contributed by atoms with van der Waals surface area (Å²) in [4.78, 5) is 1.17. The minimum Gasteiger partial charge on any atom is -0.373 e. The average molecular weight is 307 g/mol. The number of nitrogens with one attached hydrogen (secondary N) is 1. The van der Waals surface area contributed by atoms with E-state index in [1.807, 2.05) is 25.1 Å². The molecule has 2 nitrogen and oxygen atoms in total. The Morgan fingerprint density at radius 3 is 3.00 bits per heavy atom. The molecule has 0 amide bonds. The zero-order chi connectivity index (χ0) is 15.1. The molecule has 2 aromatic rings. The fourth-order valence-electron chi connectivity index (χ4n) is 2.22. The summed E-state index contributed by atoms with van der Waals surface area (Å²) >= 11 is 1.65. The maximum absolute atomic E-state index is 14.1. The van der Waals surface area contributed by atoms with Crippen LogP contribution in [0.3, 0.4) is 0 Å². The van der Waals surface area contributed by atoms with Crippen LogP contribution in [0.5, 0.6) is 0 Å². The largest absolute Gasteiger partial charge is 0.373 e. The number of hydrogen-bond donors (Lipinski definition) is 1. The van der Waals surface area contributed by atoms with Crippen LogP contribution in [-0.4, -0.2) is 13.2 Å². The smallest absolute Gasteiger partial charge is 0.132 e. The number of thiophene rings is 1. The molecule has 0 saturated carbocycles. The van der Waals surface area contributed by atoms with Crippen molar-refractivity contribution in [2.75, 3.05) is 13.2 Å². The van der Waals surface area contributed by atoms with Crippen LogP contribution in [0.4, 0.5) is 4.39 Å². The molecule has 0 spiro atoms. The normalized spacial score (nSPS) is 11.8. The predicted octanol–water partition coefficient (Wildman–Crippen LogP) is 4.63. The fraction of sp³-hybridized carbons (Fsp3) is 0.412. The first kappa shape index (κ1) is 16.1. The van der Waals surface area contributed by atoms with Crippen LogP contribution in [0.1, 0.15) is 30.7 Å². The van der Waals surface area contributed by atoms with Gasteiger partial charge < -0.3 is 10.1 Å². The molecule has 114 valence electrons. The van der Waals surface area contributed by atoms with E-state index < -0.39 is 0 Å². The van der Waals surface area contributed by atoms with E-state index in [0.717, 1.165) is 35.2 Å². The zero-order valence-corrected chi connectivity index (χ0v) is 13.4. The van der Waals surface area contributed by atoms with Crippen molar-refractivity contribution in [2.24, 2.45) is 0 Å². The van der Waals surface area contributed by atoms with E-state index in [1.54, 1.807) is 17.4 Å². The number of rotatable bonds is 8. The van der Waals surface area contributed by atoms with Crippen molar-refractivity contribution in [1.29, 1.82) is 0 Å². The first-order valence-electron chi connectivity index (χ1n) is 7.36. The molecule has 0 aliphatic carbocycles. The number of halogens is 1. The first-order valence-corrected chi connectivity index (χ1v) is 8.18. The highest BCUT2D eigenvalue weighted by atomic mass is 32.1. The molecule has 21 heavy (non-hydrogen) atoms. The van der Waals surface area contributed by atoms with Gasteiger partial charge >= 0.3 is 0 Å². The highest BCUT2D eigenvalue weighted by Crippen LogP contribution is 2.33. The van der Waals surface area contributed by atoms with Crippen molar-refractivity contribution in [1.82, 2.24) is 5.32 Å². The molecule has 0 radical (unpaired) electrons. The summed E-state index contributed by atoms with van der Waals surface area (Å²) in [5.41, 5.74) is 0.987. The molecule has 0 atom stereocenters. The topological polar surface area (TPSA) is 21.3 Å². The molecule has 4 heteroatoms. The summed E-state index contributed by atoms with van der Waals surface area (Å²) in [7, 11) is 0. The molecule has 1 aromatic heterocycles. The summed E-state index contributed by atoms with van der Waals surface area (Å²) in [5, 5.41) is 4.11. The van der Waals surface area contributed by atoms with Gasteiger partial charge in [-0.05, 0) is 32.0 Å². The SMILES string of the molecule is CC=CCOCc1c(CNCCC)sc2cccc(F)c12. The second-order valence-electron chi connectivity index (χ2n) is 4.88. The third kappa shape index (κ3) is 4.13. The Labute approximate surface area is 129 Å². The van der Waals surface area contributed by atoms with E-state index >= 15 is 0 Å². The molecular weight excluding hydrogens is 285 g/mol. The third-order valence-electron chi connectivity index (χ3n) is 3.26. The zero-order valence-electron chi connectivity index (χ0n) is 12.6. The van der Waals surface area contributed by atoms with Crippen LogP contribution >= 0.6 is 11.3 Å². The van der Waals surface area contributed by atoms with Crippen LogP contribution < -0.4 is 5.32 Å². The maximum Gasteiger partial charge on any atom is 0.132 e. The van der Waals surface area contributed by atoms with Gasteiger partial charge in [0, 0.05) is 27.1 Å². The standard InChI is InChI=1S/C17H22FNOS/c1-3-5-10-20-12-13-16(11-19-9-4-2)21-15-8-6-7-14(18)17(13)15/h3,5-8,19H,4,9-12H2,1-2H3. The molecule has 0 saturated heterocycles. The van der Waals surface area contributed by atoms with Crippen molar-refractivity contribution < 1.29 is 9.13 Å². The third-order valence-corrected chi connectivity index (χ3v) is 4.45. The van der Waals surface area contributed by atoms with E-state index in [4.69, 9.17) is 4.74 Å². The van der Waals surface area contributed by atoms with Crippen molar-refractivity contribution in [3.8, 4) is 0 Å². The van der Waals surface area contributed by atoms with Gasteiger partial charge in [-0.1, -0.05) is 25.1 Å². The molecule has 0 fully saturated rings. The molecule has 1 N–H and O–H groups in total. The van der Waals surface area contributed by atoms with Gasteiger partial charge in [-0.3, -0.25) is 0 Å². The minimum atomic E-state index is -0.157. The van der Waals surface area contributed by atoms with Crippen molar-refractivity contribution >= 4 is 21.4 Å². The van der Waals surface area contributed by atoms with Crippen LogP contribution in [0.15, 0.2) is 30.4 Å². The van der Waals surface area contributed by atoms with Crippen LogP contribution in [0.2, 0.25) is 0 Å². The molecule has 1 aromatic carbocycles. The fourth-order valence-corrected chi connectivity index (χ4v) is 3.41. The lowest BCUT2D eigenvalue weighted by atomic mass is 10.1. The van der Waals surface area contributed by atoms with E-state index in [1.165, 1.54) is 10.9 Å². The average Bonchev–Trinajstić information content (AvgIpc) is 2.83. The summed E-state index contributed by atoms with van der Waals surface area (Å²) in [6.07, 6.45) is 5.00. The number of fused-ring (bicyclic) bond motifs is 1. The highest BCUT2D eigenvalue weighted by Gasteiger charge is 2.15. The van der Waals surface area contributed by atoms with Crippen molar-refractivity contribution in [3.05, 3.63) is 46.6 Å². The minimum absolute atomic E-state index is 0.157. The van der Waals surface area contributed by atoms with Crippen molar-refractivity contribution in [2.45, 2.75) is 33.4 Å². The van der Waals surface area contributed by atoms with Gasteiger partial charge in [0.2, 0.25) is 0 Å². The van der Waals surface area contributed by atoms with Gasteiger partial charge in [0.05, 0.1) is 13.2 Å². The van der Waals surface area contributed by atoms with E-state index in [9.17, 15) is 4.39 Å². The molecule has 0 bridgehead atoms. The molecule has 0 unspecified atom stereocenters. The molecule has 1 heterocycles. The summed E-state index contributed by atoms with van der Waals surface area (Å²) in [6.45, 7) is 6.85. The van der Waals surface area contributed by atoms with E-state index in [0.29, 0.717) is 13.2 Å². The van der Waals surface area contributed by atoms with Crippen LogP contribution in [0.25, 0.3) is 10.1 Å². The summed E-state index contributed by atoms with van der Waals surface area (Å²) in [6, 6.07) is 5.26. The Kier molecular flexibility index (Phi) is 6.36. The Bertz CT molecular complexity index is 606. The number of hydrogen-bond acceptors (Lipinski definition) is 3. The molecule has 0 aliphatic heterocycles. The predicted molar refractivity (Wildman–Crippen MR) is 88.3 cm³/mol. The van der Waals surface area contributed by atoms with Crippen LogP contribution in [0, 0.1) is 5.82 Å². The lowest BCUT2D eigenvalue weighted by molar-refractivity contribution is 0.149. The summed E-state index contributed by atoms with van der Waals surface area (Å²) < 4.78 is 20.8. The quantitative estimate of drug-likeness (QED) is 0.567. The van der Waals surface area contributed by atoms with Gasteiger partial charge in [0.1, 0.15) is 5.82 Å². The van der Waals surface area contributed by atoms with E-state index in [2.05, 4.69) is 12.2 Å². The van der Waals surface area contributed by atoms with Gasteiger partial charge in [-0.25, -0.2) is 4.39 Å². The van der Waals surface area contributed by atoms with Gasteiger partial charge in [0.15, 0.2) is 0 Å². The van der Waals surface area contributed by atoms with E-state index in [-0.39, 0.29) is 5.82 Å². The number of allylic oxidation sites excluding steroid dienone is 1. The summed E-state index contributed by atoms with van der Waals surface area (Å²) in [5.74, 6) is -0.157. The Hall–Kier alpha value is -1.23. The van der Waals surface area contributed by atoms with Crippen molar-refractivity contribution in [3.63, 3.8) is 0 Å². The number of ether oxygens (including phenoxy) is 1. The second-order valence-corrected chi connectivity index (χ2v) is 6.01. The first-order chi connectivity index (χ1) is 10.3. The second kappa shape index (κ2) is 8.27. The Balaban J connectivity index is 2.25. The maximum atomic E-state index is 14.1. The van der Waals surface area contributed by atoms with Gasteiger partial charge in [-0.2, -0.15) is 0 Å². The van der Waals surface area contributed by atoms with Gasteiger partial charge in [0.25, 0.3) is 0 Å². The Morgan fingerprint density at radius 1 is 1.38 bits per heavy atom. The lowest BCUT2D eigenvalue weighted by Gasteiger charge is -2.06. The van der Waals surface area contributed by atoms with Crippen LogP contribution in [-0.2, 0) is 17.9 Å². The molecular formula is C17H22FNOS. The number of benzene rings is 1. The van der Waals surface area contributed by atoms with Gasteiger partial charge in [-0.15, -0.1) is 11.3 Å². The molecule has 2 rings (SSSR count). The highest BCUT2D eigenvalue weighted by molar-refractivity contribution is 7.19. The lowest BCUT2D eigenvalue weighted by Crippen LogP contribution is -2.14.